The van der Waals surface area contributed by atoms with Crippen molar-refractivity contribution in [3.63, 3.8) is 0 Å². The molecule has 0 radical (unpaired) electrons. The average Bonchev–Trinajstić information content (AvgIpc) is 2.64. The monoisotopic (exact) mass is 278 g/mol. The molecule has 0 aromatic carbocycles. The maximum atomic E-state index is 12.2. The number of hydrogen-bond donors (Lipinski definition) is 0. The summed E-state index contributed by atoms with van der Waals surface area (Å²) in [6, 6.07) is 0. The quantitative estimate of drug-likeness (QED) is 0.691. The van der Waals surface area contributed by atoms with Crippen LogP contribution in [-0.2, 0) is 19.7 Å². The number of hydrogen-bond acceptors (Lipinski definition) is 4. The van der Waals surface area contributed by atoms with Crippen LogP contribution >= 0.6 is 0 Å². The number of rotatable bonds is 5. The Hall–Kier alpha value is -0.660. The van der Waals surface area contributed by atoms with Crippen molar-refractivity contribution < 1.29 is 17.9 Å². The fourth-order valence-electron chi connectivity index (χ4n) is 1.94. The first kappa shape index (κ1) is 15.4. The lowest BCUT2D eigenvalue weighted by Crippen LogP contribution is -2.43. The third-order valence-electron chi connectivity index (χ3n) is 3.14. The molecule has 0 atom stereocenters. The van der Waals surface area contributed by atoms with Gasteiger partial charge in [-0.1, -0.05) is 12.8 Å². The van der Waals surface area contributed by atoms with Crippen molar-refractivity contribution in [2.75, 3.05) is 33.8 Å². The van der Waals surface area contributed by atoms with E-state index in [1.54, 1.807) is 0 Å². The minimum atomic E-state index is -3.43. The zero-order valence-corrected chi connectivity index (χ0v) is 11.9. The van der Waals surface area contributed by atoms with E-state index in [-0.39, 0.29) is 13.0 Å². The van der Waals surface area contributed by atoms with E-state index in [9.17, 15) is 13.2 Å². The number of ether oxygens (including phenoxy) is 1. The SMILES string of the molecule is COC(=O)CCN(C)S(=O)(=O)N1CCCCCC1. The van der Waals surface area contributed by atoms with Gasteiger partial charge in [-0.05, 0) is 12.8 Å². The molecule has 0 spiro atoms. The Morgan fingerprint density at radius 1 is 1.22 bits per heavy atom. The van der Waals surface area contributed by atoms with E-state index in [0.29, 0.717) is 13.1 Å². The van der Waals surface area contributed by atoms with Crippen LogP contribution in [0.4, 0.5) is 0 Å². The standard InChI is InChI=1S/C11H22N2O4S/c1-12(10-7-11(14)17-2)18(15,16)13-8-5-3-4-6-9-13/h3-10H2,1-2H3. The van der Waals surface area contributed by atoms with Gasteiger partial charge in [-0.15, -0.1) is 0 Å². The van der Waals surface area contributed by atoms with Crippen molar-refractivity contribution in [2.24, 2.45) is 0 Å². The Bertz CT molecular complexity index is 361. The average molecular weight is 278 g/mol. The minimum absolute atomic E-state index is 0.0834. The van der Waals surface area contributed by atoms with Crippen molar-refractivity contribution in [1.82, 2.24) is 8.61 Å². The van der Waals surface area contributed by atoms with E-state index in [0.717, 1.165) is 25.7 Å². The molecule has 1 rings (SSSR count). The molecule has 1 aliphatic rings. The van der Waals surface area contributed by atoms with E-state index in [1.807, 2.05) is 0 Å². The fourth-order valence-corrected chi connectivity index (χ4v) is 3.37. The summed E-state index contributed by atoms with van der Waals surface area (Å²) in [4.78, 5) is 11.0. The van der Waals surface area contributed by atoms with E-state index in [1.165, 1.54) is 22.8 Å². The van der Waals surface area contributed by atoms with Gasteiger partial charge in [-0.3, -0.25) is 4.79 Å². The lowest BCUT2D eigenvalue weighted by Gasteiger charge is -2.26. The van der Waals surface area contributed by atoms with Crippen LogP contribution in [-0.4, -0.2) is 56.8 Å². The third kappa shape index (κ3) is 4.22. The van der Waals surface area contributed by atoms with Crippen LogP contribution in [0.25, 0.3) is 0 Å². The number of carbonyl (C=O) groups is 1. The first-order chi connectivity index (χ1) is 8.48. The molecule has 0 bridgehead atoms. The van der Waals surface area contributed by atoms with Crippen LogP contribution in [0.3, 0.4) is 0 Å². The summed E-state index contributed by atoms with van der Waals surface area (Å²) in [6.45, 7) is 1.31. The van der Waals surface area contributed by atoms with E-state index in [4.69, 9.17) is 0 Å². The van der Waals surface area contributed by atoms with E-state index >= 15 is 0 Å². The van der Waals surface area contributed by atoms with Gasteiger partial charge in [0.1, 0.15) is 0 Å². The molecule has 1 heterocycles. The van der Waals surface area contributed by atoms with Crippen LogP contribution < -0.4 is 0 Å². The van der Waals surface area contributed by atoms with Crippen LogP contribution in [0.2, 0.25) is 0 Å². The Balaban J connectivity index is 2.57. The van der Waals surface area contributed by atoms with Crippen LogP contribution in [0.15, 0.2) is 0 Å². The van der Waals surface area contributed by atoms with E-state index < -0.39 is 16.2 Å². The van der Waals surface area contributed by atoms with Crippen LogP contribution in [0.5, 0.6) is 0 Å². The van der Waals surface area contributed by atoms with Crippen molar-refractivity contribution in [3.05, 3.63) is 0 Å². The Morgan fingerprint density at radius 2 is 1.78 bits per heavy atom. The normalized spacial score (nSPS) is 18.6. The Morgan fingerprint density at radius 3 is 2.28 bits per heavy atom. The molecule has 106 valence electrons. The maximum absolute atomic E-state index is 12.2. The fraction of sp³-hybridized carbons (Fsp3) is 0.909. The van der Waals surface area contributed by atoms with Crippen molar-refractivity contribution in [2.45, 2.75) is 32.1 Å². The summed E-state index contributed by atoms with van der Waals surface area (Å²) in [6.07, 6.45) is 4.06. The summed E-state index contributed by atoms with van der Waals surface area (Å²) in [5.41, 5.74) is 0. The smallest absolute Gasteiger partial charge is 0.306 e. The van der Waals surface area contributed by atoms with Gasteiger partial charge < -0.3 is 4.74 Å². The van der Waals surface area contributed by atoms with Gasteiger partial charge in [0.15, 0.2) is 0 Å². The predicted octanol–water partition coefficient (Wildman–Crippen LogP) is 0.602. The molecule has 0 aromatic rings. The van der Waals surface area contributed by atoms with Gasteiger partial charge in [0.25, 0.3) is 10.2 Å². The minimum Gasteiger partial charge on any atom is -0.469 e. The molecular weight excluding hydrogens is 256 g/mol. The van der Waals surface area contributed by atoms with Gasteiger partial charge in [-0.25, -0.2) is 0 Å². The second-order valence-electron chi connectivity index (χ2n) is 4.47. The molecule has 1 fully saturated rings. The summed E-state index contributed by atoms with van der Waals surface area (Å²) >= 11 is 0. The largest absolute Gasteiger partial charge is 0.469 e. The first-order valence-electron chi connectivity index (χ1n) is 6.26. The zero-order valence-electron chi connectivity index (χ0n) is 11.1. The summed E-state index contributed by atoms with van der Waals surface area (Å²) in [5.74, 6) is -0.395. The highest BCUT2D eigenvalue weighted by atomic mass is 32.2. The van der Waals surface area contributed by atoms with Gasteiger partial charge in [0, 0.05) is 26.7 Å². The molecule has 0 aliphatic carbocycles. The molecule has 0 N–H and O–H groups in total. The molecule has 18 heavy (non-hydrogen) atoms. The molecule has 1 saturated heterocycles. The predicted molar refractivity (Wildman–Crippen MR) is 68.2 cm³/mol. The summed E-state index contributed by atoms with van der Waals surface area (Å²) < 4.78 is 31.7. The van der Waals surface area contributed by atoms with Crippen molar-refractivity contribution >= 4 is 16.2 Å². The molecular formula is C11H22N2O4S. The number of nitrogens with zero attached hydrogens (tertiary/aromatic N) is 2. The highest BCUT2D eigenvalue weighted by Crippen LogP contribution is 2.15. The van der Waals surface area contributed by atoms with E-state index in [2.05, 4.69) is 4.74 Å². The summed E-state index contributed by atoms with van der Waals surface area (Å²) in [7, 11) is -0.630. The maximum Gasteiger partial charge on any atom is 0.306 e. The van der Waals surface area contributed by atoms with Gasteiger partial charge >= 0.3 is 5.97 Å². The number of methoxy groups -OCH3 is 1. The van der Waals surface area contributed by atoms with Gasteiger partial charge in [0.2, 0.25) is 0 Å². The van der Waals surface area contributed by atoms with Gasteiger partial charge in [-0.2, -0.15) is 17.0 Å². The first-order valence-corrected chi connectivity index (χ1v) is 7.66. The zero-order chi connectivity index (χ0) is 13.6. The number of carbonyl (C=O) groups excluding carboxylic acids is 1. The topological polar surface area (TPSA) is 66.9 Å². The van der Waals surface area contributed by atoms with Crippen molar-refractivity contribution in [3.8, 4) is 0 Å². The summed E-state index contributed by atoms with van der Waals surface area (Å²) in [5, 5.41) is 0. The molecule has 0 saturated carbocycles. The lowest BCUT2D eigenvalue weighted by molar-refractivity contribution is -0.140. The second kappa shape index (κ2) is 7.06. The molecule has 1 aliphatic heterocycles. The molecule has 0 unspecified atom stereocenters. The van der Waals surface area contributed by atoms with Gasteiger partial charge in [0.05, 0.1) is 13.5 Å². The molecule has 6 nitrogen and oxygen atoms in total. The lowest BCUT2D eigenvalue weighted by atomic mass is 10.2. The molecule has 0 amide bonds. The highest BCUT2D eigenvalue weighted by Gasteiger charge is 2.27. The highest BCUT2D eigenvalue weighted by molar-refractivity contribution is 7.86. The third-order valence-corrected chi connectivity index (χ3v) is 5.13. The Labute approximate surface area is 109 Å². The Kier molecular flexibility index (Phi) is 6.04. The second-order valence-corrected chi connectivity index (χ2v) is 6.50. The molecule has 0 aromatic heterocycles. The molecule has 7 heteroatoms. The van der Waals surface area contributed by atoms with Crippen LogP contribution in [0, 0.1) is 0 Å². The van der Waals surface area contributed by atoms with Crippen LogP contribution in [0.1, 0.15) is 32.1 Å². The van der Waals surface area contributed by atoms with Crippen molar-refractivity contribution in [1.29, 1.82) is 0 Å². The number of esters is 1.